The summed E-state index contributed by atoms with van der Waals surface area (Å²) in [6.07, 6.45) is 0.323. The zero-order valence-corrected chi connectivity index (χ0v) is 13.8. The van der Waals surface area contributed by atoms with Gasteiger partial charge >= 0.3 is 0 Å². The van der Waals surface area contributed by atoms with Gasteiger partial charge in [-0.1, -0.05) is 23.9 Å². The summed E-state index contributed by atoms with van der Waals surface area (Å²) >= 11 is 12.4. The van der Waals surface area contributed by atoms with Crippen molar-refractivity contribution >= 4 is 62.2 Å². The molecule has 100 valence electrons. The molecule has 1 heterocycles. The van der Waals surface area contributed by atoms with Crippen LogP contribution in [0.5, 0.6) is 0 Å². The second-order valence-electron chi connectivity index (χ2n) is 3.64. The lowest BCUT2D eigenvalue weighted by Crippen LogP contribution is -2.12. The second kappa shape index (κ2) is 7.33. The first-order valence-corrected chi connectivity index (χ1v) is 8.59. The number of thiophene rings is 1. The normalized spacial score (nSPS) is 10.4. The number of para-hydroxylation sites is 1. The molecule has 0 saturated heterocycles. The Kier molecular flexibility index (Phi) is 5.76. The van der Waals surface area contributed by atoms with E-state index in [9.17, 15) is 4.79 Å². The van der Waals surface area contributed by atoms with Crippen LogP contribution in [0.4, 0.5) is 5.69 Å². The Bertz CT molecular complexity index is 573. The molecule has 2 aromatic rings. The second-order valence-corrected chi connectivity index (χ2v) is 7.10. The number of alkyl halides is 1. The Morgan fingerprint density at radius 3 is 2.84 bits per heavy atom. The maximum atomic E-state index is 11.6. The van der Waals surface area contributed by atoms with Gasteiger partial charge in [-0.15, -0.1) is 22.9 Å². The van der Waals surface area contributed by atoms with Gasteiger partial charge in [0.15, 0.2) is 0 Å². The molecule has 0 aliphatic rings. The predicted molar refractivity (Wildman–Crippen MR) is 86.6 cm³/mol. The topological polar surface area (TPSA) is 29.1 Å². The van der Waals surface area contributed by atoms with E-state index in [1.807, 2.05) is 35.7 Å². The lowest BCUT2D eigenvalue weighted by atomic mass is 10.3. The first-order valence-electron chi connectivity index (χ1n) is 5.56. The molecule has 19 heavy (non-hydrogen) atoms. The number of hydrogen-bond acceptors (Lipinski definition) is 3. The zero-order valence-electron chi connectivity index (χ0n) is 9.86. The summed E-state index contributed by atoms with van der Waals surface area (Å²) in [4.78, 5) is 12.6. The standard InChI is InChI=1S/C13H11BrClNOS2/c14-9-6-8-18-13(9)19-11-4-2-1-3-10(11)16-12(17)5-7-15/h1-4,6,8H,5,7H2,(H,16,17). The molecule has 0 fully saturated rings. The predicted octanol–water partition coefficient (Wildman–Crippen LogP) is 5.23. The molecule has 1 aromatic heterocycles. The summed E-state index contributed by atoms with van der Waals surface area (Å²) in [6.45, 7) is 0. The Hall–Kier alpha value is -0.490. The molecule has 0 atom stereocenters. The van der Waals surface area contributed by atoms with E-state index in [4.69, 9.17) is 11.6 Å². The first kappa shape index (κ1) is 14.9. The number of nitrogens with one attached hydrogen (secondary N) is 1. The molecule has 0 spiro atoms. The van der Waals surface area contributed by atoms with Crippen LogP contribution in [0.2, 0.25) is 0 Å². The number of hydrogen-bond donors (Lipinski definition) is 1. The Balaban J connectivity index is 2.17. The molecule has 1 amide bonds. The van der Waals surface area contributed by atoms with Crippen LogP contribution in [-0.2, 0) is 4.79 Å². The largest absolute Gasteiger partial charge is 0.325 e. The van der Waals surface area contributed by atoms with E-state index in [0.717, 1.165) is 15.1 Å². The van der Waals surface area contributed by atoms with Crippen LogP contribution in [0.3, 0.4) is 0 Å². The van der Waals surface area contributed by atoms with E-state index in [2.05, 4.69) is 21.2 Å². The average molecular weight is 377 g/mol. The smallest absolute Gasteiger partial charge is 0.225 e. The van der Waals surface area contributed by atoms with Crippen molar-refractivity contribution in [1.29, 1.82) is 0 Å². The van der Waals surface area contributed by atoms with Crippen molar-refractivity contribution in [3.8, 4) is 0 Å². The molecule has 6 heteroatoms. The van der Waals surface area contributed by atoms with Crippen LogP contribution in [0.25, 0.3) is 0 Å². The Morgan fingerprint density at radius 1 is 1.37 bits per heavy atom. The summed E-state index contributed by atoms with van der Waals surface area (Å²) in [5.74, 6) is 0.269. The van der Waals surface area contributed by atoms with Crippen molar-refractivity contribution in [2.24, 2.45) is 0 Å². The lowest BCUT2D eigenvalue weighted by Gasteiger charge is -2.09. The van der Waals surface area contributed by atoms with Gasteiger partial charge in [0.05, 0.1) is 9.90 Å². The van der Waals surface area contributed by atoms with Gasteiger partial charge in [-0.3, -0.25) is 4.79 Å². The van der Waals surface area contributed by atoms with Crippen LogP contribution in [0.1, 0.15) is 6.42 Å². The third kappa shape index (κ3) is 4.24. The van der Waals surface area contributed by atoms with Gasteiger partial charge in [0, 0.05) is 21.7 Å². The minimum Gasteiger partial charge on any atom is -0.325 e. The molecule has 0 bridgehead atoms. The monoisotopic (exact) mass is 375 g/mol. The van der Waals surface area contributed by atoms with E-state index >= 15 is 0 Å². The summed E-state index contributed by atoms with van der Waals surface area (Å²) < 4.78 is 2.24. The maximum absolute atomic E-state index is 11.6. The van der Waals surface area contributed by atoms with Crippen molar-refractivity contribution in [1.82, 2.24) is 0 Å². The Morgan fingerprint density at radius 2 is 2.16 bits per heavy atom. The fourth-order valence-corrected chi connectivity index (χ4v) is 4.29. The van der Waals surface area contributed by atoms with E-state index in [1.165, 1.54) is 4.21 Å². The molecular formula is C13H11BrClNOS2. The molecule has 0 radical (unpaired) electrons. The summed E-state index contributed by atoms with van der Waals surface area (Å²) in [7, 11) is 0. The van der Waals surface area contributed by atoms with Gasteiger partial charge in [0.1, 0.15) is 0 Å². The van der Waals surface area contributed by atoms with Gasteiger partial charge in [-0.2, -0.15) is 0 Å². The summed E-state index contributed by atoms with van der Waals surface area (Å²) in [5, 5.41) is 4.92. The van der Waals surface area contributed by atoms with E-state index in [-0.39, 0.29) is 5.91 Å². The molecule has 2 nitrogen and oxygen atoms in total. The van der Waals surface area contributed by atoms with Gasteiger partial charge < -0.3 is 5.32 Å². The number of amides is 1. The van der Waals surface area contributed by atoms with Gasteiger partial charge in [0.25, 0.3) is 0 Å². The van der Waals surface area contributed by atoms with Gasteiger partial charge in [0.2, 0.25) is 5.91 Å². The fourth-order valence-electron chi connectivity index (χ4n) is 1.41. The highest BCUT2D eigenvalue weighted by atomic mass is 79.9. The van der Waals surface area contributed by atoms with Crippen molar-refractivity contribution in [3.05, 3.63) is 40.2 Å². The highest BCUT2D eigenvalue weighted by Crippen LogP contribution is 2.40. The molecule has 2 rings (SSSR count). The summed E-state index contributed by atoms with van der Waals surface area (Å²) in [5.41, 5.74) is 0.822. The molecule has 0 aliphatic carbocycles. The number of benzene rings is 1. The SMILES string of the molecule is O=C(CCCl)Nc1ccccc1Sc1sccc1Br. The van der Waals surface area contributed by atoms with E-state index in [0.29, 0.717) is 12.3 Å². The summed E-state index contributed by atoms with van der Waals surface area (Å²) in [6, 6.07) is 9.77. The quantitative estimate of drug-likeness (QED) is 0.724. The third-order valence-electron chi connectivity index (χ3n) is 2.27. The van der Waals surface area contributed by atoms with Gasteiger partial charge in [-0.05, 0) is 39.5 Å². The van der Waals surface area contributed by atoms with Crippen LogP contribution in [0, 0.1) is 0 Å². The highest BCUT2D eigenvalue weighted by Gasteiger charge is 2.09. The van der Waals surface area contributed by atoms with Crippen molar-refractivity contribution in [2.45, 2.75) is 15.5 Å². The van der Waals surface area contributed by atoms with Gasteiger partial charge in [-0.25, -0.2) is 0 Å². The molecule has 0 aliphatic heterocycles. The molecule has 1 aromatic carbocycles. The average Bonchev–Trinajstić information content (AvgIpc) is 2.78. The first-order chi connectivity index (χ1) is 9.20. The zero-order chi connectivity index (χ0) is 13.7. The van der Waals surface area contributed by atoms with Crippen LogP contribution in [0.15, 0.2) is 49.3 Å². The minimum absolute atomic E-state index is 0.0618. The number of rotatable bonds is 5. The van der Waals surface area contributed by atoms with Crippen LogP contribution in [-0.4, -0.2) is 11.8 Å². The van der Waals surface area contributed by atoms with E-state index in [1.54, 1.807) is 23.1 Å². The number of anilines is 1. The van der Waals surface area contributed by atoms with Crippen molar-refractivity contribution in [3.63, 3.8) is 0 Å². The van der Waals surface area contributed by atoms with Crippen molar-refractivity contribution in [2.75, 3.05) is 11.2 Å². The van der Waals surface area contributed by atoms with Crippen LogP contribution < -0.4 is 5.32 Å². The minimum atomic E-state index is -0.0618. The number of carbonyl (C=O) groups excluding carboxylic acids is 1. The fraction of sp³-hybridized carbons (Fsp3) is 0.154. The van der Waals surface area contributed by atoms with E-state index < -0.39 is 0 Å². The molecule has 0 unspecified atom stereocenters. The molecule has 1 N–H and O–H groups in total. The van der Waals surface area contributed by atoms with Crippen molar-refractivity contribution < 1.29 is 4.79 Å². The third-order valence-corrected chi connectivity index (χ3v) is 5.87. The molecule has 0 saturated carbocycles. The van der Waals surface area contributed by atoms with Crippen LogP contribution >= 0.6 is 50.6 Å². The highest BCUT2D eigenvalue weighted by molar-refractivity contribution is 9.10. The Labute approximate surface area is 133 Å². The number of carbonyl (C=O) groups is 1. The lowest BCUT2D eigenvalue weighted by molar-refractivity contribution is -0.115. The molecular weight excluding hydrogens is 366 g/mol. The maximum Gasteiger partial charge on any atom is 0.225 e. The number of halogens is 2.